The van der Waals surface area contributed by atoms with Crippen molar-refractivity contribution >= 4 is 5.97 Å². The van der Waals surface area contributed by atoms with Crippen LogP contribution in [0.15, 0.2) is 48.5 Å². The number of ether oxygens (including phenoxy) is 4. The third kappa shape index (κ3) is 6.93. The first-order valence-corrected chi connectivity index (χ1v) is 11.7. The van der Waals surface area contributed by atoms with Gasteiger partial charge >= 0.3 is 5.97 Å². The number of aliphatic hydroxyl groups excluding tert-OH is 3. The largest absolute Gasteiger partial charge is 0.497 e. The molecule has 0 saturated carbocycles. The molecule has 2 aromatic rings. The van der Waals surface area contributed by atoms with Gasteiger partial charge in [0.2, 0.25) is 6.29 Å². The number of hydrogen-bond donors (Lipinski definition) is 3. The molecule has 3 rings (SSSR count). The summed E-state index contributed by atoms with van der Waals surface area (Å²) >= 11 is 0. The molecule has 0 unspecified atom stereocenters. The summed E-state index contributed by atoms with van der Waals surface area (Å²) in [7, 11) is 1.61. The zero-order valence-electron chi connectivity index (χ0n) is 19.6. The lowest BCUT2D eigenvalue weighted by atomic mass is 9.99. The number of para-hydroxylation sites is 1. The lowest BCUT2D eigenvalue weighted by Gasteiger charge is -2.40. The van der Waals surface area contributed by atoms with E-state index in [2.05, 4.69) is 0 Å². The minimum atomic E-state index is -1.52. The SMILES string of the molecule is CCCCCC(=O)OC[C@H]1O[C@@H](Oc2ccccc2Cc2ccc(OC)cc2)[C@H](O)[C@@H](O)[C@@H]1O. The Morgan fingerprint density at radius 3 is 2.41 bits per heavy atom. The highest BCUT2D eigenvalue weighted by Crippen LogP contribution is 2.28. The Hall–Kier alpha value is -2.65. The van der Waals surface area contributed by atoms with Gasteiger partial charge in [0.1, 0.15) is 42.5 Å². The summed E-state index contributed by atoms with van der Waals surface area (Å²) in [6.07, 6.45) is -3.24. The van der Waals surface area contributed by atoms with Gasteiger partial charge in [-0.3, -0.25) is 4.79 Å². The van der Waals surface area contributed by atoms with E-state index in [1.807, 2.05) is 43.3 Å². The molecule has 0 aromatic heterocycles. The molecule has 0 bridgehead atoms. The fourth-order valence-electron chi connectivity index (χ4n) is 3.77. The summed E-state index contributed by atoms with van der Waals surface area (Å²) in [5.74, 6) is 0.838. The number of benzene rings is 2. The molecule has 3 N–H and O–H groups in total. The highest BCUT2D eigenvalue weighted by molar-refractivity contribution is 5.69. The van der Waals surface area contributed by atoms with Crippen molar-refractivity contribution in [3.63, 3.8) is 0 Å². The van der Waals surface area contributed by atoms with Crippen molar-refractivity contribution < 1.29 is 39.1 Å². The van der Waals surface area contributed by atoms with Gasteiger partial charge < -0.3 is 34.3 Å². The highest BCUT2D eigenvalue weighted by atomic mass is 16.7. The summed E-state index contributed by atoms with van der Waals surface area (Å²) in [4.78, 5) is 11.9. The number of unbranched alkanes of at least 4 members (excludes halogenated alkanes) is 2. The first kappa shape index (κ1) is 26.0. The summed E-state index contributed by atoms with van der Waals surface area (Å²) < 4.78 is 22.1. The van der Waals surface area contributed by atoms with Gasteiger partial charge in [-0.1, -0.05) is 50.1 Å². The van der Waals surface area contributed by atoms with E-state index in [0.717, 1.165) is 36.1 Å². The third-order valence-electron chi connectivity index (χ3n) is 5.83. The summed E-state index contributed by atoms with van der Waals surface area (Å²) in [5.41, 5.74) is 1.88. The number of carbonyl (C=O) groups excluding carboxylic acids is 1. The molecular weight excluding hydrogens is 440 g/mol. The Labute approximate surface area is 200 Å². The van der Waals surface area contributed by atoms with Crippen LogP contribution in [-0.2, 0) is 20.7 Å². The Balaban J connectivity index is 1.66. The molecule has 1 aliphatic heterocycles. The van der Waals surface area contributed by atoms with Crippen molar-refractivity contribution in [3.05, 3.63) is 59.7 Å². The molecule has 5 atom stereocenters. The maximum absolute atomic E-state index is 11.9. The van der Waals surface area contributed by atoms with Gasteiger partial charge in [0.05, 0.1) is 7.11 Å². The van der Waals surface area contributed by atoms with Crippen molar-refractivity contribution in [2.24, 2.45) is 0 Å². The van der Waals surface area contributed by atoms with Crippen LogP contribution in [-0.4, -0.2) is 65.7 Å². The average molecular weight is 475 g/mol. The van der Waals surface area contributed by atoms with Crippen LogP contribution >= 0.6 is 0 Å². The van der Waals surface area contributed by atoms with Gasteiger partial charge in [-0.2, -0.15) is 0 Å². The van der Waals surface area contributed by atoms with Crippen molar-refractivity contribution in [1.29, 1.82) is 0 Å². The molecule has 1 saturated heterocycles. The second-order valence-corrected chi connectivity index (χ2v) is 8.41. The molecule has 186 valence electrons. The summed E-state index contributed by atoms with van der Waals surface area (Å²) in [6.45, 7) is 1.79. The Bertz CT molecular complexity index is 900. The number of hydrogen-bond acceptors (Lipinski definition) is 8. The van der Waals surface area contributed by atoms with Gasteiger partial charge in [0, 0.05) is 12.8 Å². The lowest BCUT2D eigenvalue weighted by molar-refractivity contribution is -0.278. The molecule has 34 heavy (non-hydrogen) atoms. The van der Waals surface area contributed by atoms with Crippen LogP contribution in [0.2, 0.25) is 0 Å². The van der Waals surface area contributed by atoms with E-state index in [-0.39, 0.29) is 13.0 Å². The maximum Gasteiger partial charge on any atom is 0.305 e. The van der Waals surface area contributed by atoms with Crippen LogP contribution in [0.25, 0.3) is 0 Å². The molecule has 0 amide bonds. The molecule has 8 nitrogen and oxygen atoms in total. The normalized spacial score (nSPS) is 24.4. The van der Waals surface area contributed by atoms with Gasteiger partial charge in [0.25, 0.3) is 0 Å². The predicted molar refractivity (Wildman–Crippen MR) is 125 cm³/mol. The quantitative estimate of drug-likeness (QED) is 0.336. The zero-order chi connectivity index (χ0) is 24.5. The zero-order valence-corrected chi connectivity index (χ0v) is 19.6. The number of aliphatic hydroxyl groups is 3. The van der Waals surface area contributed by atoms with Crippen molar-refractivity contribution in [2.75, 3.05) is 13.7 Å². The topological polar surface area (TPSA) is 115 Å². The Morgan fingerprint density at radius 2 is 1.71 bits per heavy atom. The Kier molecular flexibility index (Phi) is 9.71. The second kappa shape index (κ2) is 12.7. The molecule has 1 heterocycles. The summed E-state index contributed by atoms with van der Waals surface area (Å²) in [6, 6.07) is 15.0. The van der Waals surface area contributed by atoms with Crippen molar-refractivity contribution in [2.45, 2.75) is 69.7 Å². The first-order valence-electron chi connectivity index (χ1n) is 11.7. The molecule has 0 spiro atoms. The van der Waals surface area contributed by atoms with Crippen LogP contribution in [0.5, 0.6) is 11.5 Å². The molecular formula is C26H34O8. The van der Waals surface area contributed by atoms with Crippen LogP contribution in [0.1, 0.15) is 43.7 Å². The van der Waals surface area contributed by atoms with E-state index in [0.29, 0.717) is 12.2 Å². The van der Waals surface area contributed by atoms with Gasteiger partial charge in [-0.05, 0) is 35.7 Å². The van der Waals surface area contributed by atoms with Crippen LogP contribution in [0.4, 0.5) is 0 Å². The smallest absolute Gasteiger partial charge is 0.305 e. The average Bonchev–Trinajstić information content (AvgIpc) is 2.85. The number of methoxy groups -OCH3 is 1. The number of esters is 1. The van der Waals surface area contributed by atoms with Crippen LogP contribution in [0.3, 0.4) is 0 Å². The predicted octanol–water partition coefficient (Wildman–Crippen LogP) is 2.60. The fraction of sp³-hybridized carbons (Fsp3) is 0.500. The van der Waals surface area contributed by atoms with Gasteiger partial charge in [-0.25, -0.2) is 0 Å². The molecule has 8 heteroatoms. The molecule has 0 radical (unpaired) electrons. The first-order chi connectivity index (χ1) is 16.4. The molecule has 1 fully saturated rings. The van der Waals surface area contributed by atoms with Crippen molar-refractivity contribution in [1.82, 2.24) is 0 Å². The Morgan fingerprint density at radius 1 is 0.971 bits per heavy atom. The molecule has 0 aliphatic carbocycles. The number of rotatable bonds is 11. The summed E-state index contributed by atoms with van der Waals surface area (Å²) in [5, 5.41) is 31.1. The van der Waals surface area contributed by atoms with Crippen LogP contribution < -0.4 is 9.47 Å². The standard InChI is InChI=1S/C26H34O8/c1-3-4-5-10-22(27)32-16-21-23(28)24(29)25(30)26(34-21)33-20-9-7-6-8-18(20)15-17-11-13-19(31-2)14-12-17/h6-9,11-14,21,23-26,28-30H,3-5,10,15-16H2,1-2H3/t21-,23-,24+,25-,26-/m1/s1. The highest BCUT2D eigenvalue weighted by Gasteiger charge is 2.45. The maximum atomic E-state index is 11.9. The van der Waals surface area contributed by atoms with E-state index in [1.165, 1.54) is 0 Å². The third-order valence-corrected chi connectivity index (χ3v) is 5.83. The second-order valence-electron chi connectivity index (χ2n) is 8.41. The van der Waals surface area contributed by atoms with E-state index < -0.39 is 36.7 Å². The fourth-order valence-corrected chi connectivity index (χ4v) is 3.77. The van der Waals surface area contributed by atoms with E-state index in [1.54, 1.807) is 19.2 Å². The van der Waals surface area contributed by atoms with E-state index in [4.69, 9.17) is 18.9 Å². The molecule has 1 aliphatic rings. The lowest BCUT2D eigenvalue weighted by Crippen LogP contribution is -2.60. The van der Waals surface area contributed by atoms with Gasteiger partial charge in [0.15, 0.2) is 0 Å². The van der Waals surface area contributed by atoms with Crippen molar-refractivity contribution in [3.8, 4) is 11.5 Å². The van der Waals surface area contributed by atoms with Crippen LogP contribution in [0, 0.1) is 0 Å². The van der Waals surface area contributed by atoms with E-state index in [9.17, 15) is 20.1 Å². The minimum Gasteiger partial charge on any atom is -0.497 e. The minimum absolute atomic E-state index is 0.247. The number of carbonyl (C=O) groups is 1. The van der Waals surface area contributed by atoms with Gasteiger partial charge in [-0.15, -0.1) is 0 Å². The monoisotopic (exact) mass is 474 g/mol. The molecule has 2 aromatic carbocycles. The van der Waals surface area contributed by atoms with E-state index >= 15 is 0 Å².